The first-order valence-corrected chi connectivity index (χ1v) is 9.11. The monoisotopic (exact) mass is 346 g/mol. The number of carbonyl (C=O) groups is 1. The van der Waals surface area contributed by atoms with Crippen molar-refractivity contribution in [3.63, 3.8) is 0 Å². The summed E-state index contributed by atoms with van der Waals surface area (Å²) in [4.78, 5) is 18.5. The predicted octanol–water partition coefficient (Wildman–Crippen LogP) is 2.65. The number of rotatable bonds is 8. The van der Waals surface area contributed by atoms with Crippen LogP contribution in [0.3, 0.4) is 0 Å². The highest BCUT2D eigenvalue weighted by Gasteiger charge is 2.11. The van der Waals surface area contributed by atoms with Gasteiger partial charge in [-0.15, -0.1) is 0 Å². The normalized spacial score (nSPS) is 11.0. The molecule has 1 aromatic heterocycles. The van der Waals surface area contributed by atoms with E-state index in [-0.39, 0.29) is 5.91 Å². The lowest BCUT2D eigenvalue weighted by Crippen LogP contribution is -2.28. The fourth-order valence-corrected chi connectivity index (χ4v) is 3.18. The van der Waals surface area contributed by atoms with Gasteiger partial charge in [0.15, 0.2) is 5.16 Å². The standard InChI is InChI=1S/C18H26N4OS/c1-14-7-5-8-16(15(14)2)22-12-10-20-18(22)24-13-17(23)19-9-6-11-21(3)4/h5,7-8,10,12H,6,9,11,13H2,1-4H3,(H,19,23). The molecule has 0 atom stereocenters. The lowest BCUT2D eigenvalue weighted by atomic mass is 10.1. The zero-order valence-electron chi connectivity index (χ0n) is 14.9. The lowest BCUT2D eigenvalue weighted by Gasteiger charge is -2.12. The Morgan fingerprint density at radius 1 is 1.33 bits per heavy atom. The van der Waals surface area contributed by atoms with Crippen LogP contribution in [0.1, 0.15) is 17.5 Å². The Bertz CT molecular complexity index is 681. The third-order valence-corrected chi connectivity index (χ3v) is 4.85. The zero-order valence-corrected chi connectivity index (χ0v) is 15.7. The van der Waals surface area contributed by atoms with E-state index in [1.165, 1.54) is 22.9 Å². The molecule has 0 spiro atoms. The first-order chi connectivity index (χ1) is 11.5. The van der Waals surface area contributed by atoms with E-state index in [1.54, 1.807) is 6.20 Å². The molecule has 0 aliphatic heterocycles. The third kappa shape index (κ3) is 5.11. The topological polar surface area (TPSA) is 50.2 Å². The Balaban J connectivity index is 1.92. The van der Waals surface area contributed by atoms with Gasteiger partial charge < -0.3 is 10.2 Å². The van der Waals surface area contributed by atoms with Gasteiger partial charge in [0, 0.05) is 18.9 Å². The van der Waals surface area contributed by atoms with Crippen LogP contribution in [0.4, 0.5) is 0 Å². The van der Waals surface area contributed by atoms with Gasteiger partial charge >= 0.3 is 0 Å². The first-order valence-electron chi connectivity index (χ1n) is 8.13. The van der Waals surface area contributed by atoms with E-state index in [0.717, 1.165) is 23.8 Å². The van der Waals surface area contributed by atoms with Crippen LogP contribution in [-0.4, -0.2) is 53.3 Å². The smallest absolute Gasteiger partial charge is 0.230 e. The largest absolute Gasteiger partial charge is 0.355 e. The summed E-state index contributed by atoms with van der Waals surface area (Å²) in [6, 6.07) is 6.22. The maximum atomic E-state index is 12.0. The van der Waals surface area contributed by atoms with Crippen molar-refractivity contribution in [2.45, 2.75) is 25.4 Å². The summed E-state index contributed by atoms with van der Waals surface area (Å²) < 4.78 is 2.05. The average molecular weight is 347 g/mol. The van der Waals surface area contributed by atoms with Gasteiger partial charge in [-0.25, -0.2) is 4.98 Å². The van der Waals surface area contributed by atoms with Gasteiger partial charge in [-0.1, -0.05) is 23.9 Å². The van der Waals surface area contributed by atoms with Crippen LogP contribution in [0.5, 0.6) is 0 Å². The van der Waals surface area contributed by atoms with Crippen LogP contribution in [0.2, 0.25) is 0 Å². The van der Waals surface area contributed by atoms with Gasteiger partial charge in [-0.2, -0.15) is 0 Å². The highest BCUT2D eigenvalue weighted by atomic mass is 32.2. The molecular weight excluding hydrogens is 320 g/mol. The van der Waals surface area contributed by atoms with Crippen LogP contribution >= 0.6 is 11.8 Å². The van der Waals surface area contributed by atoms with Gasteiger partial charge in [0.25, 0.3) is 0 Å². The van der Waals surface area contributed by atoms with Crippen molar-refractivity contribution in [1.29, 1.82) is 0 Å². The van der Waals surface area contributed by atoms with Gasteiger partial charge in [0.05, 0.1) is 11.4 Å². The molecule has 2 rings (SSSR count). The fourth-order valence-electron chi connectivity index (χ4n) is 2.38. The number of aryl methyl sites for hydroxylation is 1. The minimum atomic E-state index is 0.0503. The molecule has 6 heteroatoms. The third-order valence-electron chi connectivity index (χ3n) is 3.88. The summed E-state index contributed by atoms with van der Waals surface area (Å²) in [5, 5.41) is 3.80. The molecule has 0 saturated heterocycles. The van der Waals surface area contributed by atoms with Gasteiger partial charge in [0.1, 0.15) is 0 Å². The highest BCUT2D eigenvalue weighted by molar-refractivity contribution is 7.99. The molecule has 24 heavy (non-hydrogen) atoms. The van der Waals surface area contributed by atoms with Crippen molar-refractivity contribution >= 4 is 17.7 Å². The van der Waals surface area contributed by atoms with Crippen molar-refractivity contribution in [2.75, 3.05) is 32.9 Å². The molecule has 0 saturated carbocycles. The molecule has 1 aromatic carbocycles. The van der Waals surface area contributed by atoms with E-state index < -0.39 is 0 Å². The molecule has 0 aliphatic rings. The number of aromatic nitrogens is 2. The first kappa shape index (κ1) is 18.5. The molecule has 0 fully saturated rings. The van der Waals surface area contributed by atoms with Gasteiger partial charge in [-0.05, 0) is 58.1 Å². The van der Waals surface area contributed by atoms with Crippen LogP contribution in [-0.2, 0) is 4.79 Å². The van der Waals surface area contributed by atoms with Crippen LogP contribution < -0.4 is 5.32 Å². The molecular formula is C18H26N4OS. The number of thioether (sulfide) groups is 1. The number of hydrogen-bond donors (Lipinski definition) is 1. The molecule has 130 valence electrons. The molecule has 1 heterocycles. The Hall–Kier alpha value is -1.79. The maximum Gasteiger partial charge on any atom is 0.230 e. The molecule has 1 N–H and O–H groups in total. The van der Waals surface area contributed by atoms with E-state index in [1.807, 2.05) is 30.9 Å². The van der Waals surface area contributed by atoms with E-state index in [2.05, 4.69) is 41.2 Å². The second-order valence-electron chi connectivity index (χ2n) is 6.09. The minimum Gasteiger partial charge on any atom is -0.355 e. The maximum absolute atomic E-state index is 12.0. The summed E-state index contributed by atoms with van der Waals surface area (Å²) in [6.07, 6.45) is 4.68. The van der Waals surface area contributed by atoms with Crippen molar-refractivity contribution < 1.29 is 4.79 Å². The van der Waals surface area contributed by atoms with Crippen molar-refractivity contribution in [3.8, 4) is 5.69 Å². The molecule has 2 aromatic rings. The Morgan fingerprint density at radius 2 is 2.12 bits per heavy atom. The summed E-state index contributed by atoms with van der Waals surface area (Å²) in [7, 11) is 4.07. The van der Waals surface area contributed by atoms with Crippen LogP contribution in [0, 0.1) is 13.8 Å². The molecule has 0 aliphatic carbocycles. The number of nitrogens with one attached hydrogen (secondary N) is 1. The van der Waals surface area contributed by atoms with E-state index in [0.29, 0.717) is 12.3 Å². The Labute approximate surface area is 148 Å². The van der Waals surface area contributed by atoms with Crippen molar-refractivity contribution in [2.24, 2.45) is 0 Å². The summed E-state index contributed by atoms with van der Waals surface area (Å²) in [6.45, 7) is 5.90. The number of imidazole rings is 1. The number of benzene rings is 1. The van der Waals surface area contributed by atoms with Crippen LogP contribution in [0.25, 0.3) is 5.69 Å². The van der Waals surface area contributed by atoms with Crippen molar-refractivity contribution in [1.82, 2.24) is 19.8 Å². The SMILES string of the molecule is Cc1cccc(-n2ccnc2SCC(=O)NCCCN(C)C)c1C. The van der Waals surface area contributed by atoms with Gasteiger partial charge in [0.2, 0.25) is 5.91 Å². The summed E-state index contributed by atoms with van der Waals surface area (Å²) in [5.74, 6) is 0.429. The van der Waals surface area contributed by atoms with Crippen LogP contribution in [0.15, 0.2) is 35.7 Å². The van der Waals surface area contributed by atoms with Crippen molar-refractivity contribution in [3.05, 3.63) is 41.7 Å². The molecule has 1 amide bonds. The highest BCUT2D eigenvalue weighted by Crippen LogP contribution is 2.24. The summed E-state index contributed by atoms with van der Waals surface area (Å²) in [5.41, 5.74) is 3.59. The quantitative estimate of drug-likeness (QED) is 0.590. The summed E-state index contributed by atoms with van der Waals surface area (Å²) >= 11 is 1.46. The minimum absolute atomic E-state index is 0.0503. The van der Waals surface area contributed by atoms with Gasteiger partial charge in [-0.3, -0.25) is 9.36 Å². The molecule has 5 nitrogen and oxygen atoms in total. The second-order valence-corrected chi connectivity index (χ2v) is 7.04. The lowest BCUT2D eigenvalue weighted by molar-refractivity contribution is -0.118. The number of nitrogens with zero attached hydrogens (tertiary/aromatic N) is 3. The molecule has 0 bridgehead atoms. The number of amides is 1. The van der Waals surface area contributed by atoms with E-state index >= 15 is 0 Å². The van der Waals surface area contributed by atoms with E-state index in [4.69, 9.17) is 0 Å². The molecule has 0 radical (unpaired) electrons. The second kappa shape index (κ2) is 8.89. The molecule has 0 unspecified atom stereocenters. The average Bonchev–Trinajstić information content (AvgIpc) is 3.00. The zero-order chi connectivity index (χ0) is 17.5. The van der Waals surface area contributed by atoms with E-state index in [9.17, 15) is 4.79 Å². The number of hydrogen-bond acceptors (Lipinski definition) is 4. The fraction of sp³-hybridized carbons (Fsp3) is 0.444. The predicted molar refractivity (Wildman–Crippen MR) is 99.9 cm³/mol. The number of carbonyl (C=O) groups excluding carboxylic acids is 1. The Kier molecular flexibility index (Phi) is 6.87. The Morgan fingerprint density at radius 3 is 2.88 bits per heavy atom.